The molecular weight excluding hydrogens is 418 g/mol. The van der Waals surface area contributed by atoms with Crippen molar-refractivity contribution in [3.05, 3.63) is 87.6 Å². The molecule has 0 unspecified atom stereocenters. The predicted molar refractivity (Wildman–Crippen MR) is 132 cm³/mol. The van der Waals surface area contributed by atoms with Crippen LogP contribution in [0.2, 0.25) is 0 Å². The molecule has 2 aromatic carbocycles. The van der Waals surface area contributed by atoms with Gasteiger partial charge < -0.3 is 15.1 Å². The van der Waals surface area contributed by atoms with Gasteiger partial charge in [0, 0.05) is 28.0 Å². The third-order valence-electron chi connectivity index (χ3n) is 5.20. The van der Waals surface area contributed by atoms with Crippen molar-refractivity contribution in [3.8, 4) is 0 Å². The second-order valence-electron chi connectivity index (χ2n) is 8.27. The number of nitrogens with one attached hydrogen (secondary N) is 1. The van der Waals surface area contributed by atoms with Crippen LogP contribution >= 0.6 is 11.3 Å². The van der Waals surface area contributed by atoms with Crippen LogP contribution in [0.1, 0.15) is 34.7 Å². The fraction of sp³-hybridized carbons (Fsp3) is 0.308. The number of hydrogen-bond acceptors (Lipinski definition) is 3. The first-order valence-electron chi connectivity index (χ1n) is 10.8. The van der Waals surface area contributed by atoms with E-state index >= 15 is 0 Å². The summed E-state index contributed by atoms with van der Waals surface area (Å²) in [6.07, 6.45) is 0. The Balaban J connectivity index is 1.74. The second-order valence-corrected chi connectivity index (χ2v) is 9.64. The zero-order valence-electron chi connectivity index (χ0n) is 19.2. The summed E-state index contributed by atoms with van der Waals surface area (Å²) in [5, 5.41) is 2.92. The molecule has 0 aliphatic carbocycles. The maximum atomic E-state index is 13.4. The molecular formula is C26H31N3O2S. The molecule has 0 spiro atoms. The van der Waals surface area contributed by atoms with Crippen LogP contribution in [0.15, 0.2) is 66.7 Å². The first kappa shape index (κ1) is 23.5. The number of aryl methyl sites for hydroxylation is 2. The van der Waals surface area contributed by atoms with Gasteiger partial charge in [0.1, 0.15) is 6.54 Å². The Morgan fingerprint density at radius 3 is 2.19 bits per heavy atom. The van der Waals surface area contributed by atoms with Gasteiger partial charge in [-0.25, -0.2) is 4.79 Å². The number of urea groups is 1. The van der Waals surface area contributed by atoms with Crippen molar-refractivity contribution >= 4 is 29.0 Å². The van der Waals surface area contributed by atoms with Crippen molar-refractivity contribution in [2.24, 2.45) is 0 Å². The van der Waals surface area contributed by atoms with E-state index in [4.69, 9.17) is 0 Å². The van der Waals surface area contributed by atoms with E-state index in [1.165, 1.54) is 4.88 Å². The summed E-state index contributed by atoms with van der Waals surface area (Å²) in [5.74, 6) is -0.0762. The number of hydrogen-bond donors (Lipinski definition) is 1. The van der Waals surface area contributed by atoms with Gasteiger partial charge in [-0.2, -0.15) is 0 Å². The molecule has 0 radical (unpaired) electrons. The maximum Gasteiger partial charge on any atom is 0.322 e. The first-order chi connectivity index (χ1) is 15.3. The summed E-state index contributed by atoms with van der Waals surface area (Å²) in [7, 11) is 0. The minimum absolute atomic E-state index is 0.0204. The highest BCUT2D eigenvalue weighted by atomic mass is 32.1. The van der Waals surface area contributed by atoms with Crippen LogP contribution in [0.25, 0.3) is 0 Å². The molecule has 0 aliphatic heterocycles. The van der Waals surface area contributed by atoms with Crippen molar-refractivity contribution in [1.82, 2.24) is 9.80 Å². The van der Waals surface area contributed by atoms with E-state index in [0.717, 1.165) is 16.0 Å². The topological polar surface area (TPSA) is 52.7 Å². The van der Waals surface area contributed by atoms with E-state index in [1.807, 2.05) is 80.3 Å². The summed E-state index contributed by atoms with van der Waals surface area (Å²) in [4.78, 5) is 32.1. The average molecular weight is 450 g/mol. The van der Waals surface area contributed by atoms with Gasteiger partial charge in [-0.3, -0.25) is 4.79 Å². The van der Waals surface area contributed by atoms with Gasteiger partial charge in [0.25, 0.3) is 0 Å². The highest BCUT2D eigenvalue weighted by Crippen LogP contribution is 2.19. The fourth-order valence-corrected chi connectivity index (χ4v) is 4.27. The number of amides is 3. The number of benzene rings is 2. The maximum absolute atomic E-state index is 13.4. The molecule has 3 amide bonds. The number of rotatable bonds is 8. The molecule has 5 nitrogen and oxygen atoms in total. The van der Waals surface area contributed by atoms with Gasteiger partial charge >= 0.3 is 6.03 Å². The molecule has 0 fully saturated rings. The molecule has 1 aromatic heterocycles. The van der Waals surface area contributed by atoms with E-state index in [2.05, 4.69) is 24.4 Å². The first-order valence-corrected chi connectivity index (χ1v) is 11.6. The Kier molecular flexibility index (Phi) is 8.06. The second kappa shape index (κ2) is 11.0. The zero-order chi connectivity index (χ0) is 23.1. The summed E-state index contributed by atoms with van der Waals surface area (Å²) in [6.45, 7) is 8.96. The third-order valence-corrected chi connectivity index (χ3v) is 6.19. The molecule has 0 aliphatic rings. The van der Waals surface area contributed by atoms with Crippen LogP contribution in [0.4, 0.5) is 10.5 Å². The number of nitrogens with zero attached hydrogens (tertiary/aromatic N) is 2. The van der Waals surface area contributed by atoms with Crippen molar-refractivity contribution < 1.29 is 9.59 Å². The molecule has 0 bridgehead atoms. The molecule has 1 N–H and O–H groups in total. The van der Waals surface area contributed by atoms with Crippen molar-refractivity contribution in [2.75, 3.05) is 11.9 Å². The Morgan fingerprint density at radius 1 is 0.906 bits per heavy atom. The average Bonchev–Trinajstić information content (AvgIpc) is 3.18. The lowest BCUT2D eigenvalue weighted by Gasteiger charge is -2.30. The van der Waals surface area contributed by atoms with E-state index in [0.29, 0.717) is 18.8 Å². The van der Waals surface area contributed by atoms with Crippen LogP contribution < -0.4 is 5.32 Å². The van der Waals surface area contributed by atoms with Gasteiger partial charge in [0.05, 0.1) is 6.54 Å². The van der Waals surface area contributed by atoms with Crippen LogP contribution in [0, 0.1) is 13.8 Å². The lowest BCUT2D eigenvalue weighted by atomic mass is 10.2. The lowest BCUT2D eigenvalue weighted by molar-refractivity contribution is -0.133. The Hall–Kier alpha value is -3.12. The van der Waals surface area contributed by atoms with Crippen LogP contribution in [-0.4, -0.2) is 34.3 Å². The van der Waals surface area contributed by atoms with Crippen molar-refractivity contribution in [3.63, 3.8) is 0 Å². The van der Waals surface area contributed by atoms with E-state index in [1.54, 1.807) is 16.2 Å². The Bertz CT molecular complexity index is 1030. The predicted octanol–water partition coefficient (Wildman–Crippen LogP) is 5.84. The van der Waals surface area contributed by atoms with Gasteiger partial charge in [0.15, 0.2) is 0 Å². The summed E-state index contributed by atoms with van der Waals surface area (Å²) < 4.78 is 0. The lowest BCUT2D eigenvalue weighted by Crippen LogP contribution is -2.47. The van der Waals surface area contributed by atoms with Crippen LogP contribution in [0.3, 0.4) is 0 Å². The van der Waals surface area contributed by atoms with Gasteiger partial charge in [0.2, 0.25) is 5.91 Å². The summed E-state index contributed by atoms with van der Waals surface area (Å²) in [5.41, 5.74) is 2.91. The Labute approximate surface area is 194 Å². The molecule has 6 heteroatoms. The summed E-state index contributed by atoms with van der Waals surface area (Å²) >= 11 is 1.69. The van der Waals surface area contributed by atoms with Crippen molar-refractivity contribution in [1.29, 1.82) is 0 Å². The number of carbonyl (C=O) groups excluding carboxylic acids is 2. The number of carbonyl (C=O) groups is 2. The van der Waals surface area contributed by atoms with Crippen molar-refractivity contribution in [2.45, 2.75) is 46.8 Å². The fourth-order valence-electron chi connectivity index (χ4n) is 3.36. The molecule has 0 saturated carbocycles. The highest BCUT2D eigenvalue weighted by Gasteiger charge is 2.24. The highest BCUT2D eigenvalue weighted by molar-refractivity contribution is 7.11. The third kappa shape index (κ3) is 6.69. The SMILES string of the molecule is Cc1ccc(NC(=O)N(CC(=O)N(Cc2ccccc2)Cc2ccc(C)s2)C(C)C)cc1. The Morgan fingerprint density at radius 2 is 1.59 bits per heavy atom. The number of anilines is 1. The molecule has 0 atom stereocenters. The smallest absolute Gasteiger partial charge is 0.322 e. The molecule has 3 rings (SSSR count). The minimum atomic E-state index is -0.274. The van der Waals surface area contributed by atoms with E-state index in [-0.39, 0.29) is 24.5 Å². The van der Waals surface area contributed by atoms with Crippen LogP contribution in [-0.2, 0) is 17.9 Å². The minimum Gasteiger partial charge on any atom is -0.332 e. The normalized spacial score (nSPS) is 10.8. The monoisotopic (exact) mass is 449 g/mol. The zero-order valence-corrected chi connectivity index (χ0v) is 20.0. The van der Waals surface area contributed by atoms with Gasteiger partial charge in [-0.15, -0.1) is 11.3 Å². The van der Waals surface area contributed by atoms with Crippen LogP contribution in [0.5, 0.6) is 0 Å². The van der Waals surface area contributed by atoms with E-state index in [9.17, 15) is 9.59 Å². The quantitative estimate of drug-likeness (QED) is 0.470. The molecule has 1 heterocycles. The molecule has 0 saturated heterocycles. The molecule has 168 valence electrons. The van der Waals surface area contributed by atoms with Gasteiger partial charge in [-0.05, 0) is 57.5 Å². The number of thiophene rings is 1. The molecule has 32 heavy (non-hydrogen) atoms. The standard InChI is InChI=1S/C26H31N3O2S/c1-19(2)29(26(31)27-23-13-10-20(3)11-14-23)18-25(30)28(16-22-8-6-5-7-9-22)17-24-15-12-21(4)32-24/h5-15,19H,16-18H2,1-4H3,(H,27,31). The van der Waals surface area contributed by atoms with E-state index < -0.39 is 0 Å². The van der Waals surface area contributed by atoms with Gasteiger partial charge in [-0.1, -0.05) is 48.0 Å². The largest absolute Gasteiger partial charge is 0.332 e. The summed E-state index contributed by atoms with van der Waals surface area (Å²) in [6, 6.07) is 21.3. The molecule has 3 aromatic rings.